The summed E-state index contributed by atoms with van der Waals surface area (Å²) in [6, 6.07) is 0. The fourth-order valence-electron chi connectivity index (χ4n) is 2.92. The molecule has 2 nitrogen and oxygen atoms in total. The standard InChI is InChI=1S/C13H23NO/c1-12(2,3)9-10-5-8-13(6-4-7-13)14-11(10)15/h10H,4-9H2,1-3H3,(H,14,15). The van der Waals surface area contributed by atoms with Gasteiger partial charge in [0.2, 0.25) is 5.91 Å². The molecule has 1 aliphatic heterocycles. The largest absolute Gasteiger partial charge is 0.350 e. The van der Waals surface area contributed by atoms with E-state index in [9.17, 15) is 4.79 Å². The van der Waals surface area contributed by atoms with Crippen molar-refractivity contribution in [1.82, 2.24) is 5.32 Å². The summed E-state index contributed by atoms with van der Waals surface area (Å²) in [4.78, 5) is 12.0. The third kappa shape index (κ3) is 2.35. The number of carbonyl (C=O) groups excluding carboxylic acids is 1. The molecule has 1 heterocycles. The summed E-state index contributed by atoms with van der Waals surface area (Å²) in [5, 5.41) is 3.26. The van der Waals surface area contributed by atoms with Crippen LogP contribution in [0.3, 0.4) is 0 Å². The SMILES string of the molecule is CC(C)(C)CC1CCC2(CCC2)NC1=O. The van der Waals surface area contributed by atoms with E-state index in [4.69, 9.17) is 0 Å². The first-order chi connectivity index (χ1) is 6.90. The van der Waals surface area contributed by atoms with Crippen LogP contribution in [0.5, 0.6) is 0 Å². The highest BCUT2D eigenvalue weighted by molar-refractivity contribution is 5.80. The molecule has 2 fully saturated rings. The van der Waals surface area contributed by atoms with Gasteiger partial charge in [-0.05, 0) is 43.9 Å². The Morgan fingerprint density at radius 1 is 1.33 bits per heavy atom. The molecular weight excluding hydrogens is 186 g/mol. The average molecular weight is 209 g/mol. The number of piperidine rings is 1. The number of hydrogen-bond acceptors (Lipinski definition) is 1. The van der Waals surface area contributed by atoms with Crippen molar-refractivity contribution in [2.75, 3.05) is 0 Å². The monoisotopic (exact) mass is 209 g/mol. The number of rotatable bonds is 1. The molecule has 2 rings (SSSR count). The first-order valence-corrected chi connectivity index (χ1v) is 6.22. The molecule has 1 spiro atoms. The van der Waals surface area contributed by atoms with Crippen LogP contribution >= 0.6 is 0 Å². The quantitative estimate of drug-likeness (QED) is 0.707. The van der Waals surface area contributed by atoms with Crippen LogP contribution in [0.15, 0.2) is 0 Å². The van der Waals surface area contributed by atoms with Crippen molar-refractivity contribution in [3.63, 3.8) is 0 Å². The number of amides is 1. The molecule has 86 valence electrons. The second-order valence-corrected chi connectivity index (χ2v) is 6.62. The molecule has 0 aromatic rings. The van der Waals surface area contributed by atoms with Crippen molar-refractivity contribution in [3.05, 3.63) is 0 Å². The molecule has 1 atom stereocenters. The summed E-state index contributed by atoms with van der Waals surface area (Å²) in [5.41, 5.74) is 0.498. The summed E-state index contributed by atoms with van der Waals surface area (Å²) < 4.78 is 0. The van der Waals surface area contributed by atoms with E-state index in [2.05, 4.69) is 26.1 Å². The minimum atomic E-state index is 0.228. The highest BCUT2D eigenvalue weighted by Gasteiger charge is 2.43. The van der Waals surface area contributed by atoms with Crippen LogP contribution in [0, 0.1) is 11.3 Å². The van der Waals surface area contributed by atoms with Crippen LogP contribution in [0.1, 0.15) is 59.3 Å². The lowest BCUT2D eigenvalue weighted by atomic mass is 9.68. The van der Waals surface area contributed by atoms with E-state index in [1.165, 1.54) is 25.7 Å². The maximum absolute atomic E-state index is 12.0. The van der Waals surface area contributed by atoms with Gasteiger partial charge in [-0.15, -0.1) is 0 Å². The van der Waals surface area contributed by atoms with Crippen molar-refractivity contribution in [3.8, 4) is 0 Å². The number of carbonyl (C=O) groups is 1. The Morgan fingerprint density at radius 2 is 2.00 bits per heavy atom. The smallest absolute Gasteiger partial charge is 0.223 e. The Morgan fingerprint density at radius 3 is 2.40 bits per heavy atom. The Balaban J connectivity index is 1.92. The normalized spacial score (nSPS) is 29.8. The van der Waals surface area contributed by atoms with Crippen LogP contribution in [0.2, 0.25) is 0 Å². The second kappa shape index (κ2) is 3.50. The van der Waals surface area contributed by atoms with E-state index >= 15 is 0 Å². The Hall–Kier alpha value is -0.530. The molecule has 1 saturated carbocycles. The second-order valence-electron chi connectivity index (χ2n) is 6.62. The molecule has 1 amide bonds. The summed E-state index contributed by atoms with van der Waals surface area (Å²) in [5.74, 6) is 0.576. The van der Waals surface area contributed by atoms with Crippen LogP contribution in [-0.2, 0) is 4.79 Å². The van der Waals surface area contributed by atoms with Gasteiger partial charge in [0.15, 0.2) is 0 Å². The van der Waals surface area contributed by atoms with E-state index in [1.54, 1.807) is 0 Å². The van der Waals surface area contributed by atoms with Crippen LogP contribution < -0.4 is 5.32 Å². The Labute approximate surface area is 92.8 Å². The molecule has 0 aromatic heterocycles. The molecule has 1 N–H and O–H groups in total. The lowest BCUT2D eigenvalue weighted by molar-refractivity contribution is -0.133. The zero-order chi connectivity index (χ0) is 11.1. The summed E-state index contributed by atoms with van der Waals surface area (Å²) >= 11 is 0. The minimum Gasteiger partial charge on any atom is -0.350 e. The minimum absolute atomic E-state index is 0.228. The van der Waals surface area contributed by atoms with Gasteiger partial charge in [0.25, 0.3) is 0 Å². The zero-order valence-electron chi connectivity index (χ0n) is 10.2. The van der Waals surface area contributed by atoms with Crippen molar-refractivity contribution in [2.24, 2.45) is 11.3 Å². The van der Waals surface area contributed by atoms with Crippen molar-refractivity contribution < 1.29 is 4.79 Å². The third-order valence-electron chi connectivity index (χ3n) is 3.90. The first kappa shape index (κ1) is 11.0. The van der Waals surface area contributed by atoms with Crippen molar-refractivity contribution in [1.29, 1.82) is 0 Å². The number of nitrogens with one attached hydrogen (secondary N) is 1. The summed E-state index contributed by atoms with van der Waals surface area (Å²) in [6.07, 6.45) is 7.05. The first-order valence-electron chi connectivity index (χ1n) is 6.22. The molecule has 1 saturated heterocycles. The predicted molar refractivity (Wildman–Crippen MR) is 61.5 cm³/mol. The molecule has 1 aliphatic carbocycles. The van der Waals surface area contributed by atoms with E-state index in [1.807, 2.05) is 0 Å². The molecule has 2 aliphatic rings. The number of hydrogen-bond donors (Lipinski definition) is 1. The predicted octanol–water partition coefficient (Wildman–Crippen LogP) is 2.87. The van der Waals surface area contributed by atoms with Gasteiger partial charge < -0.3 is 5.32 Å². The molecular formula is C13H23NO. The lowest BCUT2D eigenvalue weighted by Crippen LogP contribution is -2.58. The van der Waals surface area contributed by atoms with Gasteiger partial charge in [0, 0.05) is 11.5 Å². The van der Waals surface area contributed by atoms with E-state index in [0.29, 0.717) is 5.91 Å². The highest BCUT2D eigenvalue weighted by Crippen LogP contribution is 2.41. The fourth-order valence-corrected chi connectivity index (χ4v) is 2.92. The van der Waals surface area contributed by atoms with Gasteiger partial charge in [-0.1, -0.05) is 20.8 Å². The van der Waals surface area contributed by atoms with Gasteiger partial charge in [0.1, 0.15) is 0 Å². The summed E-state index contributed by atoms with van der Waals surface area (Å²) in [6.45, 7) is 6.65. The van der Waals surface area contributed by atoms with Crippen molar-refractivity contribution >= 4 is 5.91 Å². The highest BCUT2D eigenvalue weighted by atomic mass is 16.2. The van der Waals surface area contributed by atoms with Gasteiger partial charge in [0.05, 0.1) is 0 Å². The molecule has 2 heteroatoms. The van der Waals surface area contributed by atoms with E-state index < -0.39 is 0 Å². The van der Waals surface area contributed by atoms with E-state index in [-0.39, 0.29) is 16.9 Å². The molecule has 0 bridgehead atoms. The van der Waals surface area contributed by atoms with Crippen LogP contribution in [0.25, 0.3) is 0 Å². The van der Waals surface area contributed by atoms with Crippen LogP contribution in [0.4, 0.5) is 0 Å². The maximum Gasteiger partial charge on any atom is 0.223 e. The fraction of sp³-hybridized carbons (Fsp3) is 0.923. The lowest BCUT2D eigenvalue weighted by Gasteiger charge is -2.47. The molecule has 0 radical (unpaired) electrons. The topological polar surface area (TPSA) is 29.1 Å². The van der Waals surface area contributed by atoms with E-state index in [0.717, 1.165) is 12.8 Å². The summed E-state index contributed by atoms with van der Waals surface area (Å²) in [7, 11) is 0. The van der Waals surface area contributed by atoms with Gasteiger partial charge >= 0.3 is 0 Å². The van der Waals surface area contributed by atoms with Crippen LogP contribution in [-0.4, -0.2) is 11.4 Å². The van der Waals surface area contributed by atoms with Gasteiger partial charge in [-0.3, -0.25) is 4.79 Å². The molecule has 15 heavy (non-hydrogen) atoms. The Bertz CT molecular complexity index is 260. The molecule has 0 aromatic carbocycles. The van der Waals surface area contributed by atoms with Gasteiger partial charge in [-0.25, -0.2) is 0 Å². The average Bonchev–Trinajstić information content (AvgIpc) is 2.03. The van der Waals surface area contributed by atoms with Crippen molar-refractivity contribution in [2.45, 2.75) is 64.8 Å². The Kier molecular flexibility index (Phi) is 2.56. The third-order valence-corrected chi connectivity index (χ3v) is 3.90. The zero-order valence-corrected chi connectivity index (χ0v) is 10.2. The molecule has 1 unspecified atom stereocenters. The maximum atomic E-state index is 12.0. The van der Waals surface area contributed by atoms with Gasteiger partial charge in [-0.2, -0.15) is 0 Å².